The summed E-state index contributed by atoms with van der Waals surface area (Å²) >= 11 is 0. The first-order valence-electron chi connectivity index (χ1n) is 7.98. The van der Waals surface area contributed by atoms with Crippen molar-refractivity contribution in [3.05, 3.63) is 35.9 Å². The van der Waals surface area contributed by atoms with E-state index in [0.717, 1.165) is 19.1 Å². The minimum atomic E-state index is 0.634. The fraction of sp³-hybridized carbons (Fsp3) is 0.647. The third-order valence-electron chi connectivity index (χ3n) is 4.78. The highest BCUT2D eigenvalue weighted by molar-refractivity contribution is 5.14. The lowest BCUT2D eigenvalue weighted by Gasteiger charge is -2.41. The van der Waals surface area contributed by atoms with Gasteiger partial charge >= 0.3 is 0 Å². The molecule has 0 spiro atoms. The van der Waals surface area contributed by atoms with E-state index in [4.69, 9.17) is 0 Å². The van der Waals surface area contributed by atoms with Crippen LogP contribution in [0.25, 0.3) is 0 Å². The van der Waals surface area contributed by atoms with E-state index in [1.54, 1.807) is 0 Å². The zero-order valence-electron chi connectivity index (χ0n) is 12.8. The summed E-state index contributed by atoms with van der Waals surface area (Å²) in [5.41, 5.74) is 1.44. The first-order valence-corrected chi connectivity index (χ1v) is 7.98. The lowest BCUT2D eigenvalue weighted by molar-refractivity contribution is 0.0967. The SMILES string of the molecule is CC1CN(C2CCN(Cc3ccccc3)C2)C(C)CN1. The lowest BCUT2D eigenvalue weighted by atomic mass is 10.1. The van der Waals surface area contributed by atoms with Crippen LogP contribution in [0.5, 0.6) is 0 Å². The van der Waals surface area contributed by atoms with Crippen LogP contribution in [0, 0.1) is 0 Å². The van der Waals surface area contributed by atoms with Crippen LogP contribution in [-0.4, -0.2) is 54.1 Å². The molecule has 0 saturated carbocycles. The van der Waals surface area contributed by atoms with Crippen LogP contribution in [0.1, 0.15) is 25.8 Å². The van der Waals surface area contributed by atoms with Crippen molar-refractivity contribution in [1.29, 1.82) is 0 Å². The largest absolute Gasteiger partial charge is 0.311 e. The van der Waals surface area contributed by atoms with Crippen molar-refractivity contribution in [1.82, 2.24) is 15.1 Å². The van der Waals surface area contributed by atoms with Gasteiger partial charge in [-0.05, 0) is 25.8 Å². The molecule has 20 heavy (non-hydrogen) atoms. The summed E-state index contributed by atoms with van der Waals surface area (Å²) in [5.74, 6) is 0. The Balaban J connectivity index is 1.56. The maximum absolute atomic E-state index is 3.58. The van der Waals surface area contributed by atoms with Crippen molar-refractivity contribution >= 4 is 0 Å². The van der Waals surface area contributed by atoms with Crippen LogP contribution in [0.2, 0.25) is 0 Å². The quantitative estimate of drug-likeness (QED) is 0.908. The number of likely N-dealkylation sites (tertiary alicyclic amines) is 1. The number of piperazine rings is 1. The number of benzene rings is 1. The maximum Gasteiger partial charge on any atom is 0.0239 e. The van der Waals surface area contributed by atoms with Gasteiger partial charge in [0.05, 0.1) is 0 Å². The van der Waals surface area contributed by atoms with Crippen molar-refractivity contribution in [3.63, 3.8) is 0 Å². The summed E-state index contributed by atoms with van der Waals surface area (Å²) in [6, 6.07) is 12.9. The summed E-state index contributed by atoms with van der Waals surface area (Å²) in [6.07, 6.45) is 1.32. The van der Waals surface area contributed by atoms with E-state index >= 15 is 0 Å². The zero-order chi connectivity index (χ0) is 13.9. The van der Waals surface area contributed by atoms with Gasteiger partial charge in [0.1, 0.15) is 0 Å². The number of nitrogens with zero attached hydrogens (tertiary/aromatic N) is 2. The van der Waals surface area contributed by atoms with Gasteiger partial charge in [-0.25, -0.2) is 0 Å². The first kappa shape index (κ1) is 14.1. The number of rotatable bonds is 3. The highest BCUT2D eigenvalue weighted by atomic mass is 15.3. The molecular formula is C17H27N3. The highest BCUT2D eigenvalue weighted by Gasteiger charge is 2.33. The summed E-state index contributed by atoms with van der Waals surface area (Å²) in [4.78, 5) is 5.34. The van der Waals surface area contributed by atoms with Crippen LogP contribution in [-0.2, 0) is 6.54 Å². The number of hydrogen-bond donors (Lipinski definition) is 1. The van der Waals surface area contributed by atoms with E-state index in [0.29, 0.717) is 12.1 Å². The third kappa shape index (κ3) is 3.22. The molecule has 3 nitrogen and oxygen atoms in total. The van der Waals surface area contributed by atoms with Gasteiger partial charge in [0.2, 0.25) is 0 Å². The van der Waals surface area contributed by atoms with Crippen LogP contribution in [0.15, 0.2) is 30.3 Å². The Labute approximate surface area is 123 Å². The van der Waals surface area contributed by atoms with Crippen LogP contribution >= 0.6 is 0 Å². The molecule has 2 fully saturated rings. The van der Waals surface area contributed by atoms with E-state index in [-0.39, 0.29) is 0 Å². The van der Waals surface area contributed by atoms with E-state index in [1.165, 1.54) is 31.6 Å². The highest BCUT2D eigenvalue weighted by Crippen LogP contribution is 2.21. The fourth-order valence-electron chi connectivity index (χ4n) is 3.63. The Bertz CT molecular complexity index is 420. The van der Waals surface area contributed by atoms with Gasteiger partial charge in [-0.3, -0.25) is 9.80 Å². The molecule has 1 aromatic carbocycles. The number of hydrogen-bond acceptors (Lipinski definition) is 3. The van der Waals surface area contributed by atoms with Gasteiger partial charge in [-0.1, -0.05) is 30.3 Å². The molecule has 0 aliphatic carbocycles. The van der Waals surface area contributed by atoms with Crippen LogP contribution in [0.3, 0.4) is 0 Å². The van der Waals surface area contributed by atoms with Crippen molar-refractivity contribution in [2.45, 2.75) is 44.9 Å². The van der Waals surface area contributed by atoms with Gasteiger partial charge in [0.25, 0.3) is 0 Å². The van der Waals surface area contributed by atoms with Gasteiger partial charge in [0, 0.05) is 50.8 Å². The molecule has 0 aromatic heterocycles. The monoisotopic (exact) mass is 273 g/mol. The molecule has 2 heterocycles. The van der Waals surface area contributed by atoms with Crippen LogP contribution in [0.4, 0.5) is 0 Å². The molecule has 110 valence electrons. The molecule has 1 aromatic rings. The molecule has 0 radical (unpaired) electrons. The topological polar surface area (TPSA) is 18.5 Å². The van der Waals surface area contributed by atoms with Gasteiger partial charge in [-0.2, -0.15) is 0 Å². The minimum Gasteiger partial charge on any atom is -0.311 e. The molecule has 1 N–H and O–H groups in total. The van der Waals surface area contributed by atoms with Gasteiger partial charge in [-0.15, -0.1) is 0 Å². The Kier molecular flexibility index (Phi) is 4.39. The average molecular weight is 273 g/mol. The zero-order valence-corrected chi connectivity index (χ0v) is 12.8. The molecule has 2 saturated heterocycles. The van der Waals surface area contributed by atoms with Crippen molar-refractivity contribution in [3.8, 4) is 0 Å². The first-order chi connectivity index (χ1) is 9.72. The predicted octanol–water partition coefficient (Wildman–Crippen LogP) is 1.94. The molecule has 0 amide bonds. The summed E-state index contributed by atoms with van der Waals surface area (Å²) in [6.45, 7) is 10.6. The summed E-state index contributed by atoms with van der Waals surface area (Å²) in [5, 5.41) is 3.58. The van der Waals surface area contributed by atoms with Crippen molar-refractivity contribution in [2.75, 3.05) is 26.2 Å². The molecule has 2 aliphatic rings. The maximum atomic E-state index is 3.58. The molecule has 3 heteroatoms. The molecule has 2 aliphatic heterocycles. The summed E-state index contributed by atoms with van der Waals surface area (Å²) in [7, 11) is 0. The Hall–Kier alpha value is -0.900. The molecule has 0 bridgehead atoms. The lowest BCUT2D eigenvalue weighted by Crippen LogP contribution is -2.58. The smallest absolute Gasteiger partial charge is 0.0239 e. The minimum absolute atomic E-state index is 0.634. The molecular weight excluding hydrogens is 246 g/mol. The van der Waals surface area contributed by atoms with Gasteiger partial charge in [0.15, 0.2) is 0 Å². The number of nitrogens with one attached hydrogen (secondary N) is 1. The van der Waals surface area contributed by atoms with Crippen molar-refractivity contribution in [2.24, 2.45) is 0 Å². The normalized spacial score (nSPS) is 32.6. The summed E-state index contributed by atoms with van der Waals surface area (Å²) < 4.78 is 0. The Morgan fingerprint density at radius 3 is 2.75 bits per heavy atom. The Morgan fingerprint density at radius 2 is 1.95 bits per heavy atom. The second-order valence-electron chi connectivity index (χ2n) is 6.52. The second kappa shape index (κ2) is 6.25. The van der Waals surface area contributed by atoms with E-state index in [2.05, 4.69) is 59.3 Å². The molecule has 3 rings (SSSR count). The Morgan fingerprint density at radius 1 is 1.15 bits per heavy atom. The molecule has 3 unspecified atom stereocenters. The third-order valence-corrected chi connectivity index (χ3v) is 4.78. The average Bonchev–Trinajstić information content (AvgIpc) is 2.91. The molecule has 3 atom stereocenters. The van der Waals surface area contributed by atoms with E-state index in [9.17, 15) is 0 Å². The van der Waals surface area contributed by atoms with Crippen molar-refractivity contribution < 1.29 is 0 Å². The fourth-order valence-corrected chi connectivity index (χ4v) is 3.63. The van der Waals surface area contributed by atoms with Gasteiger partial charge < -0.3 is 5.32 Å². The van der Waals surface area contributed by atoms with E-state index < -0.39 is 0 Å². The predicted molar refractivity (Wildman–Crippen MR) is 83.8 cm³/mol. The van der Waals surface area contributed by atoms with E-state index in [1.807, 2.05) is 0 Å². The van der Waals surface area contributed by atoms with Crippen LogP contribution < -0.4 is 5.32 Å². The standard InChI is InChI=1S/C17H27N3/c1-14-11-20(15(2)10-18-14)17-8-9-19(13-17)12-16-6-4-3-5-7-16/h3-7,14-15,17-18H,8-13H2,1-2H3. The second-order valence-corrected chi connectivity index (χ2v) is 6.52.